The molecule has 3 aromatic heterocycles. The average molecular weight is 626 g/mol. The summed E-state index contributed by atoms with van der Waals surface area (Å²) in [7, 11) is 0.0506. The molecular weight excluding hydrogens is 594 g/mol. The molecule has 1 aliphatic rings. The lowest BCUT2D eigenvalue weighted by atomic mass is 10.1. The van der Waals surface area contributed by atoms with Gasteiger partial charge in [-0.25, -0.2) is 28.4 Å². The van der Waals surface area contributed by atoms with Crippen molar-refractivity contribution in [1.29, 1.82) is 0 Å². The molecule has 1 atom stereocenters. The van der Waals surface area contributed by atoms with Crippen LogP contribution in [0.1, 0.15) is 24.2 Å². The standard InChI is InChI=1S/C28H31N7O6S2/c1-35-14-11-20(17-35)41-24-10-9-22-27(32-24)42-28(31-22)33-26(36)25(34-40-18-23-29-12-3-13-30-23)19-5-7-21(8-6-19)43(37,38)16-4-15-39-2/h3,5-10,12-13,20H,4,11,14-18H2,1-2H3,(H,31,33,36)/b34-25+/t20-/m0/s1. The number of pyridine rings is 1. The Morgan fingerprint density at radius 2 is 1.93 bits per heavy atom. The molecule has 0 aliphatic carbocycles. The summed E-state index contributed by atoms with van der Waals surface area (Å²) < 4.78 is 36.4. The lowest BCUT2D eigenvalue weighted by Crippen LogP contribution is -2.24. The molecule has 0 saturated carbocycles. The van der Waals surface area contributed by atoms with E-state index in [0.29, 0.717) is 45.8 Å². The zero-order valence-electron chi connectivity index (χ0n) is 23.7. The third-order valence-corrected chi connectivity index (χ3v) is 9.22. The maximum absolute atomic E-state index is 13.4. The largest absolute Gasteiger partial charge is 0.473 e. The Hall–Kier alpha value is -4.05. The first-order chi connectivity index (χ1) is 20.8. The number of thiazole rings is 1. The van der Waals surface area contributed by atoms with Crippen molar-refractivity contribution in [2.45, 2.75) is 30.4 Å². The fraction of sp³-hybridized carbons (Fsp3) is 0.357. The van der Waals surface area contributed by atoms with Gasteiger partial charge in [0.2, 0.25) is 5.88 Å². The normalized spacial score (nSPS) is 16.0. The van der Waals surface area contributed by atoms with Crippen LogP contribution in [-0.2, 0) is 30.8 Å². The van der Waals surface area contributed by atoms with Gasteiger partial charge >= 0.3 is 0 Å². The number of nitrogens with one attached hydrogen (secondary N) is 1. The Morgan fingerprint density at radius 3 is 2.65 bits per heavy atom. The second-order valence-electron chi connectivity index (χ2n) is 9.81. The molecule has 0 bridgehead atoms. The molecule has 0 spiro atoms. The van der Waals surface area contributed by atoms with Crippen molar-refractivity contribution in [3.05, 3.63) is 66.2 Å². The number of fused-ring (bicyclic) bond motifs is 1. The van der Waals surface area contributed by atoms with Crippen molar-refractivity contribution >= 4 is 48.3 Å². The molecular formula is C28H31N7O6S2. The summed E-state index contributed by atoms with van der Waals surface area (Å²) in [6.45, 7) is 2.08. The topological polar surface area (TPSA) is 158 Å². The molecule has 5 rings (SSSR count). The van der Waals surface area contributed by atoms with E-state index in [9.17, 15) is 13.2 Å². The Bertz CT molecular complexity index is 1680. The zero-order valence-corrected chi connectivity index (χ0v) is 25.3. The molecule has 4 heterocycles. The quantitative estimate of drug-likeness (QED) is 0.132. The maximum atomic E-state index is 13.4. The lowest BCUT2D eigenvalue weighted by molar-refractivity contribution is -0.110. The molecule has 1 saturated heterocycles. The van der Waals surface area contributed by atoms with E-state index in [1.807, 2.05) is 0 Å². The Labute approximate surface area is 252 Å². The highest BCUT2D eigenvalue weighted by atomic mass is 32.2. The number of aromatic nitrogens is 4. The van der Waals surface area contributed by atoms with E-state index in [-0.39, 0.29) is 29.1 Å². The van der Waals surface area contributed by atoms with Crippen molar-refractivity contribution < 1.29 is 27.5 Å². The van der Waals surface area contributed by atoms with Gasteiger partial charge in [-0.15, -0.1) is 0 Å². The fourth-order valence-corrected chi connectivity index (χ4v) is 6.46. The first-order valence-electron chi connectivity index (χ1n) is 13.5. The molecule has 0 radical (unpaired) electrons. The minimum absolute atomic E-state index is 0.0576. The van der Waals surface area contributed by atoms with E-state index in [4.69, 9.17) is 14.3 Å². The summed E-state index contributed by atoms with van der Waals surface area (Å²) in [5.74, 6) is 0.223. The summed E-state index contributed by atoms with van der Waals surface area (Å²) in [5, 5.41) is 7.14. The summed E-state index contributed by atoms with van der Waals surface area (Å²) in [5.41, 5.74) is 0.870. The summed E-state index contributed by atoms with van der Waals surface area (Å²) in [6, 6.07) is 11.1. The van der Waals surface area contributed by atoms with Crippen molar-refractivity contribution in [1.82, 2.24) is 24.8 Å². The summed E-state index contributed by atoms with van der Waals surface area (Å²) >= 11 is 1.20. The lowest BCUT2D eigenvalue weighted by Gasteiger charge is -2.12. The van der Waals surface area contributed by atoms with Crippen molar-refractivity contribution in [3.8, 4) is 5.88 Å². The van der Waals surface area contributed by atoms with Gasteiger partial charge in [-0.2, -0.15) is 0 Å². The van der Waals surface area contributed by atoms with E-state index in [0.717, 1.165) is 19.5 Å². The second kappa shape index (κ2) is 13.9. The zero-order chi connectivity index (χ0) is 30.2. The number of hydrogen-bond acceptors (Lipinski definition) is 13. The third kappa shape index (κ3) is 8.07. The molecule has 1 aromatic carbocycles. The number of likely N-dealkylation sites (tertiary alicyclic amines) is 1. The fourth-order valence-electron chi connectivity index (χ4n) is 4.35. The average Bonchev–Trinajstić information content (AvgIpc) is 3.60. The number of carbonyl (C=O) groups is 1. The molecule has 1 fully saturated rings. The van der Waals surface area contributed by atoms with Gasteiger partial charge in [-0.3, -0.25) is 10.1 Å². The highest BCUT2D eigenvalue weighted by Gasteiger charge is 2.23. The summed E-state index contributed by atoms with van der Waals surface area (Å²) in [4.78, 5) is 39.0. The first-order valence-corrected chi connectivity index (χ1v) is 16.0. The highest BCUT2D eigenvalue weighted by Crippen LogP contribution is 2.27. The van der Waals surface area contributed by atoms with Crippen molar-refractivity contribution in [2.24, 2.45) is 5.16 Å². The number of benzene rings is 1. The van der Waals surface area contributed by atoms with Gasteiger partial charge in [0.05, 0.1) is 10.6 Å². The van der Waals surface area contributed by atoms with Crippen molar-refractivity contribution in [3.63, 3.8) is 0 Å². The Kier molecular flexibility index (Phi) is 9.86. The predicted molar refractivity (Wildman–Crippen MR) is 161 cm³/mol. The highest BCUT2D eigenvalue weighted by molar-refractivity contribution is 7.91. The second-order valence-corrected chi connectivity index (χ2v) is 12.9. The van der Waals surface area contributed by atoms with Crippen LogP contribution in [0.2, 0.25) is 0 Å². The van der Waals surface area contributed by atoms with Gasteiger partial charge in [0.25, 0.3) is 5.91 Å². The van der Waals surface area contributed by atoms with Crippen LogP contribution in [0, 0.1) is 0 Å². The van der Waals surface area contributed by atoms with Gasteiger partial charge in [0.1, 0.15) is 16.5 Å². The number of nitrogens with zero attached hydrogens (tertiary/aromatic N) is 6. The van der Waals surface area contributed by atoms with E-state index in [1.54, 1.807) is 30.6 Å². The number of sulfone groups is 1. The SMILES string of the molecule is COCCCS(=O)(=O)c1ccc(/C(=N\OCc2ncccn2)C(=O)Nc2nc3ccc(O[C@H]4CCN(C)C4)nc3s2)cc1. The number of carbonyl (C=O) groups excluding carboxylic acids is 1. The third-order valence-electron chi connectivity index (χ3n) is 6.52. The van der Waals surface area contributed by atoms with Crippen LogP contribution >= 0.6 is 11.3 Å². The Balaban J connectivity index is 1.34. The molecule has 43 heavy (non-hydrogen) atoms. The minimum Gasteiger partial charge on any atom is -0.473 e. The number of methoxy groups -OCH3 is 1. The van der Waals surface area contributed by atoms with Crippen LogP contribution in [0.3, 0.4) is 0 Å². The number of rotatable bonds is 13. The minimum atomic E-state index is -3.52. The smallest absolute Gasteiger partial charge is 0.280 e. The van der Waals surface area contributed by atoms with Crippen LogP contribution < -0.4 is 10.1 Å². The summed E-state index contributed by atoms with van der Waals surface area (Å²) in [6.07, 6.45) is 4.51. The molecule has 1 N–H and O–H groups in total. The Morgan fingerprint density at radius 1 is 1.14 bits per heavy atom. The van der Waals surface area contributed by atoms with Crippen LogP contribution in [0.4, 0.5) is 5.13 Å². The van der Waals surface area contributed by atoms with Gasteiger partial charge < -0.3 is 19.2 Å². The molecule has 13 nitrogen and oxygen atoms in total. The number of ether oxygens (including phenoxy) is 2. The monoisotopic (exact) mass is 625 g/mol. The molecule has 1 amide bonds. The number of anilines is 1. The molecule has 1 aliphatic heterocycles. The number of hydrogen-bond donors (Lipinski definition) is 1. The van der Waals surface area contributed by atoms with E-state index in [2.05, 4.69) is 42.4 Å². The van der Waals surface area contributed by atoms with Crippen molar-refractivity contribution in [2.75, 3.05) is 44.9 Å². The maximum Gasteiger partial charge on any atom is 0.280 e. The first kappa shape index (κ1) is 30.4. The van der Waals surface area contributed by atoms with E-state index >= 15 is 0 Å². The van der Waals surface area contributed by atoms with Crippen LogP contribution in [0.5, 0.6) is 5.88 Å². The van der Waals surface area contributed by atoms with Gasteiger partial charge in [0, 0.05) is 50.8 Å². The van der Waals surface area contributed by atoms with Gasteiger partial charge in [-0.05, 0) is 44.2 Å². The predicted octanol–water partition coefficient (Wildman–Crippen LogP) is 2.93. The van der Waals surface area contributed by atoms with Gasteiger partial charge in [-0.1, -0.05) is 28.6 Å². The van der Waals surface area contributed by atoms with Gasteiger partial charge in [0.15, 0.2) is 33.1 Å². The number of oxime groups is 1. The molecule has 4 aromatic rings. The van der Waals surface area contributed by atoms with Crippen LogP contribution in [0.25, 0.3) is 10.3 Å². The van der Waals surface area contributed by atoms with Crippen LogP contribution in [-0.4, -0.2) is 90.6 Å². The number of likely N-dealkylation sites (N-methyl/N-ethyl adjacent to an activating group) is 1. The molecule has 226 valence electrons. The van der Waals surface area contributed by atoms with Crippen LogP contribution in [0.15, 0.2) is 64.9 Å². The molecule has 15 heteroatoms. The molecule has 0 unspecified atom stereocenters. The van der Waals surface area contributed by atoms with E-state index in [1.165, 1.54) is 42.7 Å². The number of amides is 1. The van der Waals surface area contributed by atoms with E-state index < -0.39 is 15.7 Å².